The van der Waals surface area contributed by atoms with Crippen molar-refractivity contribution >= 4 is 21.6 Å². The molecule has 1 aliphatic rings. The molecule has 0 bridgehead atoms. The standard InChI is InChI=1S/C23H29N3O4S/c1-22(2,3)30-21(27)25(4)16-18-11-14-26(17-18)23(12-6-5-7-13-23)31(28,29)20-10-8-9-19(24)15-20/h5-12,14-15,17H,13,16,24H2,1-4H3/i6D. The van der Waals surface area contributed by atoms with Gasteiger partial charge in [0.25, 0.3) is 0 Å². The zero-order valence-electron chi connectivity index (χ0n) is 19.2. The Bertz CT molecular complexity index is 1180. The molecular weight excluding hydrogens is 414 g/mol. The molecule has 2 N–H and O–H groups in total. The highest BCUT2D eigenvalue weighted by Gasteiger charge is 2.44. The number of rotatable bonds is 5. The smallest absolute Gasteiger partial charge is 0.410 e. The zero-order chi connectivity index (χ0) is 23.7. The maximum atomic E-state index is 13.8. The topological polar surface area (TPSA) is 94.6 Å². The summed E-state index contributed by atoms with van der Waals surface area (Å²) in [5.74, 6) is 0. The van der Waals surface area contributed by atoms with E-state index in [4.69, 9.17) is 11.8 Å². The van der Waals surface area contributed by atoms with Crippen molar-refractivity contribution in [2.24, 2.45) is 0 Å². The third-order valence-electron chi connectivity index (χ3n) is 4.88. The van der Waals surface area contributed by atoms with Gasteiger partial charge in [-0.25, -0.2) is 13.2 Å². The van der Waals surface area contributed by atoms with Gasteiger partial charge in [-0.2, -0.15) is 0 Å². The Morgan fingerprint density at radius 1 is 1.35 bits per heavy atom. The molecule has 2 aromatic rings. The van der Waals surface area contributed by atoms with Crippen LogP contribution in [0.2, 0.25) is 0 Å². The molecule has 0 fully saturated rings. The Morgan fingerprint density at radius 3 is 2.74 bits per heavy atom. The van der Waals surface area contributed by atoms with Crippen LogP contribution in [0.3, 0.4) is 0 Å². The first-order valence-electron chi connectivity index (χ1n) is 10.4. The number of aromatic nitrogens is 1. The van der Waals surface area contributed by atoms with E-state index >= 15 is 0 Å². The molecule has 0 spiro atoms. The molecule has 31 heavy (non-hydrogen) atoms. The summed E-state index contributed by atoms with van der Waals surface area (Å²) in [4.78, 5) is 12.3. The van der Waals surface area contributed by atoms with Crippen molar-refractivity contribution in [3.63, 3.8) is 0 Å². The van der Waals surface area contributed by atoms with E-state index in [1.165, 1.54) is 23.1 Å². The summed E-state index contributed by atoms with van der Waals surface area (Å²) in [5, 5.41) is 0. The lowest BCUT2D eigenvalue weighted by molar-refractivity contribution is 0.0285. The number of anilines is 1. The first-order valence-corrected chi connectivity index (χ1v) is 11.4. The third kappa shape index (κ3) is 4.69. The van der Waals surface area contributed by atoms with Crippen molar-refractivity contribution < 1.29 is 19.3 Å². The molecule has 8 heteroatoms. The number of nitrogens with two attached hydrogens (primary N) is 1. The molecule has 1 aliphatic carbocycles. The number of carbonyl (C=O) groups is 1. The summed E-state index contributed by atoms with van der Waals surface area (Å²) in [5.41, 5.74) is 6.30. The molecule has 1 atom stereocenters. The Balaban J connectivity index is 1.98. The fourth-order valence-electron chi connectivity index (χ4n) is 3.37. The Morgan fingerprint density at radius 2 is 2.10 bits per heavy atom. The monoisotopic (exact) mass is 444 g/mol. The Kier molecular flexibility index (Phi) is 5.66. The van der Waals surface area contributed by atoms with Gasteiger partial charge in [0.15, 0.2) is 4.87 Å². The molecule has 0 saturated heterocycles. The van der Waals surface area contributed by atoms with Crippen molar-refractivity contribution in [2.75, 3.05) is 12.8 Å². The second-order valence-electron chi connectivity index (χ2n) is 8.60. The number of hydrogen-bond acceptors (Lipinski definition) is 5. The SMILES string of the molecule is [2H]C1=CC(n2ccc(CN(C)C(=O)OC(C)(C)C)c2)(S(=O)(=O)c2cccc(N)c2)CC=C1. The van der Waals surface area contributed by atoms with Crippen LogP contribution in [0, 0.1) is 0 Å². The fraction of sp³-hybridized carbons (Fsp3) is 0.348. The van der Waals surface area contributed by atoms with Gasteiger partial charge < -0.3 is 19.9 Å². The van der Waals surface area contributed by atoms with Gasteiger partial charge in [-0.3, -0.25) is 0 Å². The van der Waals surface area contributed by atoms with Crippen LogP contribution >= 0.6 is 0 Å². The molecule has 7 nitrogen and oxygen atoms in total. The molecule has 0 saturated carbocycles. The van der Waals surface area contributed by atoms with Gasteiger partial charge in [0.2, 0.25) is 9.84 Å². The van der Waals surface area contributed by atoms with Crippen molar-refractivity contribution in [2.45, 2.75) is 49.1 Å². The summed E-state index contributed by atoms with van der Waals surface area (Å²) in [6.07, 6.45) is 7.72. The minimum atomic E-state index is -3.96. The van der Waals surface area contributed by atoms with Crippen molar-refractivity contribution in [1.82, 2.24) is 9.47 Å². The molecule has 1 unspecified atom stereocenters. The lowest BCUT2D eigenvalue weighted by Gasteiger charge is -2.33. The largest absolute Gasteiger partial charge is 0.444 e. The molecule has 166 valence electrons. The van der Waals surface area contributed by atoms with E-state index in [0.29, 0.717) is 5.69 Å². The molecule has 1 amide bonds. The van der Waals surface area contributed by atoms with Crippen molar-refractivity contribution in [1.29, 1.82) is 0 Å². The molecule has 1 aromatic carbocycles. The summed E-state index contributed by atoms with van der Waals surface area (Å²) in [7, 11) is -2.34. The number of sulfone groups is 1. The van der Waals surface area contributed by atoms with Crippen LogP contribution in [0.5, 0.6) is 0 Å². The highest BCUT2D eigenvalue weighted by Crippen LogP contribution is 2.38. The second-order valence-corrected chi connectivity index (χ2v) is 10.8. The van der Waals surface area contributed by atoms with E-state index in [1.807, 2.05) is 0 Å². The van der Waals surface area contributed by atoms with Gasteiger partial charge >= 0.3 is 6.09 Å². The lowest BCUT2D eigenvalue weighted by atomic mass is 10.1. The van der Waals surface area contributed by atoms with E-state index in [0.717, 1.165) is 5.56 Å². The quantitative estimate of drug-likeness (QED) is 0.701. The Labute approximate surface area is 185 Å². The first kappa shape index (κ1) is 21.2. The summed E-state index contributed by atoms with van der Waals surface area (Å²) >= 11 is 0. The van der Waals surface area contributed by atoms with Gasteiger partial charge in [0, 0.05) is 31.5 Å². The predicted octanol–water partition coefficient (Wildman–Crippen LogP) is 4.08. The Hall–Kier alpha value is -3.00. The lowest BCUT2D eigenvalue weighted by Crippen LogP contribution is -2.40. The van der Waals surface area contributed by atoms with Gasteiger partial charge in [-0.05, 0) is 56.7 Å². The first-order chi connectivity index (χ1) is 14.8. The van der Waals surface area contributed by atoms with Crippen LogP contribution in [0.15, 0.2) is 71.9 Å². The molecule has 1 heterocycles. The number of carbonyl (C=O) groups excluding carboxylic acids is 1. The number of nitrogen functional groups attached to an aromatic ring is 1. The van der Waals surface area contributed by atoms with Crippen LogP contribution in [0.25, 0.3) is 0 Å². The number of ether oxygens (including phenoxy) is 1. The van der Waals surface area contributed by atoms with Crippen molar-refractivity contribution in [3.8, 4) is 0 Å². The number of nitrogens with zero attached hydrogens (tertiary/aromatic N) is 2. The van der Waals surface area contributed by atoms with E-state index in [9.17, 15) is 13.2 Å². The van der Waals surface area contributed by atoms with Crippen LogP contribution in [0.1, 0.15) is 34.1 Å². The molecule has 3 rings (SSSR count). The summed E-state index contributed by atoms with van der Waals surface area (Å²) in [6.45, 7) is 5.62. The van der Waals surface area contributed by atoms with E-state index in [-0.39, 0.29) is 23.9 Å². The number of hydrogen-bond donors (Lipinski definition) is 1. The van der Waals surface area contributed by atoms with Gasteiger partial charge in [-0.15, -0.1) is 0 Å². The molecule has 0 aliphatic heterocycles. The van der Waals surface area contributed by atoms with Gasteiger partial charge in [0.05, 0.1) is 12.8 Å². The predicted molar refractivity (Wildman–Crippen MR) is 121 cm³/mol. The van der Waals surface area contributed by atoms with Crippen LogP contribution in [-0.4, -0.2) is 36.6 Å². The highest BCUT2D eigenvalue weighted by atomic mass is 32.2. The van der Waals surface area contributed by atoms with Crippen LogP contribution in [-0.2, 0) is 26.0 Å². The maximum absolute atomic E-state index is 13.8. The highest BCUT2D eigenvalue weighted by molar-refractivity contribution is 7.92. The third-order valence-corrected chi connectivity index (χ3v) is 7.18. The van der Waals surface area contributed by atoms with Crippen LogP contribution < -0.4 is 5.73 Å². The number of amides is 1. The fourth-order valence-corrected chi connectivity index (χ4v) is 5.26. The average Bonchev–Trinajstić information content (AvgIpc) is 3.15. The number of benzene rings is 1. The number of allylic oxidation sites excluding steroid dienone is 3. The average molecular weight is 445 g/mol. The van der Waals surface area contributed by atoms with E-state index in [2.05, 4.69) is 0 Å². The maximum Gasteiger partial charge on any atom is 0.410 e. The summed E-state index contributed by atoms with van der Waals surface area (Å²) in [6, 6.07) is 8.00. The minimum Gasteiger partial charge on any atom is -0.444 e. The molecule has 0 radical (unpaired) electrons. The van der Waals surface area contributed by atoms with E-state index < -0.39 is 26.4 Å². The zero-order valence-corrected chi connectivity index (χ0v) is 19.0. The molecular formula is C23H29N3O4S. The molecule has 1 aromatic heterocycles. The van der Waals surface area contributed by atoms with Gasteiger partial charge in [0.1, 0.15) is 5.60 Å². The normalized spacial score (nSPS) is 19.5. The van der Waals surface area contributed by atoms with E-state index in [1.54, 1.807) is 75.1 Å². The van der Waals surface area contributed by atoms with Crippen molar-refractivity contribution in [3.05, 3.63) is 72.6 Å². The second kappa shape index (κ2) is 8.26. The summed E-state index contributed by atoms with van der Waals surface area (Å²) < 4.78 is 42.7. The van der Waals surface area contributed by atoms with Gasteiger partial charge in [-0.1, -0.05) is 24.3 Å². The van der Waals surface area contributed by atoms with Crippen LogP contribution in [0.4, 0.5) is 10.5 Å². The minimum absolute atomic E-state index is 0.0815.